The van der Waals surface area contributed by atoms with Gasteiger partial charge in [0.1, 0.15) is 5.75 Å². The van der Waals surface area contributed by atoms with Gasteiger partial charge in [0.25, 0.3) is 5.91 Å². The number of fused-ring (bicyclic) bond motifs is 1. The van der Waals surface area contributed by atoms with Gasteiger partial charge in [-0.05, 0) is 62.6 Å². The SMILES string of the molecule is CCOc1ccc(-c2cc(C(=O)NC3CC[C@@H](N)C3)c3ccccc3n2)cc1. The van der Waals surface area contributed by atoms with Crippen molar-refractivity contribution < 1.29 is 9.53 Å². The molecule has 1 aliphatic rings. The zero-order valence-electron chi connectivity index (χ0n) is 16.0. The zero-order chi connectivity index (χ0) is 19.5. The number of para-hydroxylation sites is 1. The summed E-state index contributed by atoms with van der Waals surface area (Å²) in [7, 11) is 0. The number of nitrogens with two attached hydrogens (primary N) is 1. The molecule has 1 saturated carbocycles. The summed E-state index contributed by atoms with van der Waals surface area (Å²) in [4.78, 5) is 17.8. The number of hydrogen-bond donors (Lipinski definition) is 2. The van der Waals surface area contributed by atoms with E-state index in [0.717, 1.165) is 47.2 Å². The molecule has 0 saturated heterocycles. The van der Waals surface area contributed by atoms with E-state index < -0.39 is 0 Å². The lowest BCUT2D eigenvalue weighted by molar-refractivity contribution is 0.0939. The summed E-state index contributed by atoms with van der Waals surface area (Å²) in [6, 6.07) is 17.8. The van der Waals surface area contributed by atoms with Gasteiger partial charge < -0.3 is 15.8 Å². The number of benzene rings is 2. The first-order valence-corrected chi connectivity index (χ1v) is 9.83. The summed E-state index contributed by atoms with van der Waals surface area (Å²) in [6.45, 7) is 2.59. The Balaban J connectivity index is 1.69. The lowest BCUT2D eigenvalue weighted by atomic mass is 10.0. The van der Waals surface area contributed by atoms with Crippen molar-refractivity contribution in [1.82, 2.24) is 10.3 Å². The number of carbonyl (C=O) groups excluding carboxylic acids is 1. The van der Waals surface area contributed by atoms with E-state index in [1.807, 2.05) is 61.5 Å². The molecule has 1 aliphatic carbocycles. The molecule has 144 valence electrons. The zero-order valence-corrected chi connectivity index (χ0v) is 16.0. The van der Waals surface area contributed by atoms with Gasteiger partial charge in [0.2, 0.25) is 0 Å². The predicted molar refractivity (Wildman–Crippen MR) is 111 cm³/mol. The van der Waals surface area contributed by atoms with Crippen molar-refractivity contribution in [2.75, 3.05) is 6.61 Å². The quantitative estimate of drug-likeness (QED) is 0.709. The molecule has 28 heavy (non-hydrogen) atoms. The van der Waals surface area contributed by atoms with E-state index in [4.69, 9.17) is 15.5 Å². The highest BCUT2D eigenvalue weighted by Gasteiger charge is 2.24. The van der Waals surface area contributed by atoms with Crippen molar-refractivity contribution in [3.05, 3.63) is 60.2 Å². The molecular weight excluding hydrogens is 350 g/mol. The Morgan fingerprint density at radius 3 is 2.68 bits per heavy atom. The Labute approximate surface area is 164 Å². The van der Waals surface area contributed by atoms with Gasteiger partial charge in [-0.3, -0.25) is 4.79 Å². The Bertz CT molecular complexity index is 985. The van der Waals surface area contributed by atoms with Crippen LogP contribution in [0.2, 0.25) is 0 Å². The Hall–Kier alpha value is -2.92. The summed E-state index contributed by atoms with van der Waals surface area (Å²) in [6.07, 6.45) is 2.72. The highest BCUT2D eigenvalue weighted by molar-refractivity contribution is 6.07. The average molecular weight is 375 g/mol. The molecule has 2 aromatic carbocycles. The van der Waals surface area contributed by atoms with Gasteiger partial charge in [-0.15, -0.1) is 0 Å². The molecule has 3 aromatic rings. The first kappa shape index (κ1) is 18.4. The van der Waals surface area contributed by atoms with Crippen LogP contribution in [-0.4, -0.2) is 29.6 Å². The highest BCUT2D eigenvalue weighted by atomic mass is 16.5. The topological polar surface area (TPSA) is 77.2 Å². The Morgan fingerprint density at radius 2 is 1.96 bits per heavy atom. The molecule has 0 aliphatic heterocycles. The third-order valence-electron chi connectivity index (χ3n) is 5.23. The number of carbonyl (C=O) groups is 1. The number of nitrogens with zero attached hydrogens (tertiary/aromatic N) is 1. The van der Waals surface area contributed by atoms with Gasteiger partial charge in [0.15, 0.2) is 0 Å². The van der Waals surface area contributed by atoms with Crippen LogP contribution in [0.1, 0.15) is 36.5 Å². The molecular formula is C23H25N3O2. The highest BCUT2D eigenvalue weighted by Crippen LogP contribution is 2.27. The molecule has 0 radical (unpaired) electrons. The van der Waals surface area contributed by atoms with Gasteiger partial charge in [0, 0.05) is 23.0 Å². The number of hydrogen-bond acceptors (Lipinski definition) is 4. The molecule has 1 heterocycles. The van der Waals surface area contributed by atoms with Crippen molar-refractivity contribution in [2.24, 2.45) is 5.73 Å². The summed E-state index contributed by atoms with van der Waals surface area (Å²) in [5, 5.41) is 4.01. The molecule has 1 amide bonds. The lowest BCUT2D eigenvalue weighted by Gasteiger charge is -2.15. The number of ether oxygens (including phenoxy) is 1. The van der Waals surface area contributed by atoms with Gasteiger partial charge in [-0.25, -0.2) is 4.98 Å². The van der Waals surface area contributed by atoms with Gasteiger partial charge in [0.05, 0.1) is 23.4 Å². The minimum Gasteiger partial charge on any atom is -0.494 e. The second kappa shape index (κ2) is 7.98. The van der Waals surface area contributed by atoms with Crippen molar-refractivity contribution in [1.29, 1.82) is 0 Å². The summed E-state index contributed by atoms with van der Waals surface area (Å²) >= 11 is 0. The van der Waals surface area contributed by atoms with E-state index in [0.29, 0.717) is 12.2 Å². The van der Waals surface area contributed by atoms with Gasteiger partial charge >= 0.3 is 0 Å². The molecule has 0 bridgehead atoms. The minimum atomic E-state index is -0.0649. The van der Waals surface area contributed by atoms with E-state index in [9.17, 15) is 4.79 Å². The second-order valence-corrected chi connectivity index (χ2v) is 7.27. The monoisotopic (exact) mass is 375 g/mol. The first-order valence-electron chi connectivity index (χ1n) is 9.83. The predicted octanol–water partition coefficient (Wildman–Crippen LogP) is 3.91. The average Bonchev–Trinajstić information content (AvgIpc) is 3.12. The van der Waals surface area contributed by atoms with Crippen molar-refractivity contribution in [3.8, 4) is 17.0 Å². The number of aromatic nitrogens is 1. The maximum Gasteiger partial charge on any atom is 0.252 e. The molecule has 1 unspecified atom stereocenters. The van der Waals surface area contributed by atoms with Crippen LogP contribution in [0.5, 0.6) is 5.75 Å². The van der Waals surface area contributed by atoms with Crippen molar-refractivity contribution >= 4 is 16.8 Å². The van der Waals surface area contributed by atoms with Crippen LogP contribution in [-0.2, 0) is 0 Å². The van der Waals surface area contributed by atoms with E-state index in [1.54, 1.807) is 0 Å². The first-order chi connectivity index (χ1) is 13.6. The maximum absolute atomic E-state index is 13.0. The third kappa shape index (κ3) is 3.85. The number of rotatable bonds is 5. The molecule has 0 spiro atoms. The molecule has 3 N–H and O–H groups in total. The van der Waals surface area contributed by atoms with Crippen LogP contribution in [0.3, 0.4) is 0 Å². The largest absolute Gasteiger partial charge is 0.494 e. The number of nitrogens with one attached hydrogen (secondary N) is 1. The second-order valence-electron chi connectivity index (χ2n) is 7.27. The van der Waals surface area contributed by atoms with Crippen LogP contribution in [0, 0.1) is 0 Å². The fraction of sp³-hybridized carbons (Fsp3) is 0.304. The van der Waals surface area contributed by atoms with Gasteiger partial charge in [-0.1, -0.05) is 18.2 Å². The molecule has 4 rings (SSSR count). The van der Waals surface area contributed by atoms with Crippen molar-refractivity contribution in [2.45, 2.75) is 38.3 Å². The lowest BCUT2D eigenvalue weighted by Crippen LogP contribution is -2.34. The van der Waals surface area contributed by atoms with E-state index in [2.05, 4.69) is 5.32 Å². The summed E-state index contributed by atoms with van der Waals surface area (Å²) in [5.41, 5.74) is 9.17. The third-order valence-corrected chi connectivity index (χ3v) is 5.23. The van der Waals surface area contributed by atoms with Crippen molar-refractivity contribution in [3.63, 3.8) is 0 Å². The summed E-state index contributed by atoms with van der Waals surface area (Å²) in [5.74, 6) is 0.757. The molecule has 5 heteroatoms. The van der Waals surface area contributed by atoms with E-state index in [1.165, 1.54) is 0 Å². The Morgan fingerprint density at radius 1 is 1.18 bits per heavy atom. The van der Waals surface area contributed by atoms with E-state index >= 15 is 0 Å². The minimum absolute atomic E-state index is 0.0649. The standard InChI is InChI=1S/C23H25N3O2/c1-2-28-18-11-7-15(8-12-18)22-14-20(19-5-3-4-6-21(19)26-22)23(27)25-17-10-9-16(24)13-17/h3-8,11-12,14,16-17H,2,9-10,13,24H2,1H3,(H,25,27)/t16-,17?/m1/s1. The van der Waals surface area contributed by atoms with Crippen LogP contribution >= 0.6 is 0 Å². The fourth-order valence-corrected chi connectivity index (χ4v) is 3.81. The Kier molecular flexibility index (Phi) is 5.26. The molecule has 5 nitrogen and oxygen atoms in total. The number of pyridine rings is 1. The van der Waals surface area contributed by atoms with Crippen LogP contribution in [0.25, 0.3) is 22.2 Å². The van der Waals surface area contributed by atoms with Crippen LogP contribution < -0.4 is 15.8 Å². The van der Waals surface area contributed by atoms with Crippen LogP contribution in [0.4, 0.5) is 0 Å². The summed E-state index contributed by atoms with van der Waals surface area (Å²) < 4.78 is 5.52. The van der Waals surface area contributed by atoms with Gasteiger partial charge in [-0.2, -0.15) is 0 Å². The smallest absolute Gasteiger partial charge is 0.252 e. The van der Waals surface area contributed by atoms with E-state index in [-0.39, 0.29) is 18.0 Å². The molecule has 1 fully saturated rings. The fourth-order valence-electron chi connectivity index (χ4n) is 3.81. The maximum atomic E-state index is 13.0. The molecule has 2 atom stereocenters. The normalized spacial score (nSPS) is 18.9. The molecule has 1 aromatic heterocycles. The number of amides is 1. The van der Waals surface area contributed by atoms with Crippen LogP contribution in [0.15, 0.2) is 54.6 Å².